The van der Waals surface area contributed by atoms with Crippen molar-refractivity contribution in [3.8, 4) is 0 Å². The first kappa shape index (κ1) is 18.9. The summed E-state index contributed by atoms with van der Waals surface area (Å²) in [6.45, 7) is 5.85. The van der Waals surface area contributed by atoms with E-state index in [-0.39, 0.29) is 23.8 Å². The highest BCUT2D eigenvalue weighted by molar-refractivity contribution is 6.08. The van der Waals surface area contributed by atoms with Crippen LogP contribution >= 0.6 is 0 Å². The zero-order valence-electron chi connectivity index (χ0n) is 15.6. The molecule has 0 spiro atoms. The van der Waals surface area contributed by atoms with Gasteiger partial charge < -0.3 is 5.32 Å². The van der Waals surface area contributed by atoms with Crippen LogP contribution in [0, 0.1) is 0 Å². The fourth-order valence-electron chi connectivity index (χ4n) is 2.70. The van der Waals surface area contributed by atoms with E-state index in [1.54, 1.807) is 7.05 Å². The average molecular weight is 342 g/mol. The summed E-state index contributed by atoms with van der Waals surface area (Å²) in [7, 11) is 3.03. The summed E-state index contributed by atoms with van der Waals surface area (Å²) < 4.78 is 0. The predicted octanol–water partition coefficient (Wildman–Crippen LogP) is 3.32. The molecule has 0 bridgehead atoms. The van der Waals surface area contributed by atoms with Crippen molar-refractivity contribution in [2.75, 3.05) is 14.2 Å². The number of aryl methyl sites for hydroxylation is 1. The van der Waals surface area contributed by atoms with Gasteiger partial charge in [-0.15, -0.1) is 0 Å². The van der Waals surface area contributed by atoms with Crippen LogP contribution in [-0.2, 0) is 16.1 Å². The second-order valence-electron chi connectivity index (χ2n) is 7.10. The molecule has 0 aliphatic heterocycles. The maximum absolute atomic E-state index is 12.9. The number of nitrogens with zero attached hydrogens (tertiary/aromatic N) is 1. The number of hydrogen-bond acceptors (Lipinski definition) is 3. The van der Waals surface area contributed by atoms with Gasteiger partial charge in [0.1, 0.15) is 0 Å². The number of amides is 2. The molecule has 0 fully saturated rings. The Hall–Kier alpha value is -2.40. The number of nitrogens with one attached hydrogen (secondary N) is 1. The highest BCUT2D eigenvalue weighted by atomic mass is 16.7. The Bertz CT molecular complexity index is 778. The van der Waals surface area contributed by atoms with Crippen molar-refractivity contribution < 1.29 is 14.4 Å². The van der Waals surface area contributed by atoms with Crippen LogP contribution in [0.3, 0.4) is 0 Å². The molecule has 0 atom stereocenters. The molecule has 134 valence electrons. The largest absolute Gasteiger partial charge is 0.347 e. The zero-order chi connectivity index (χ0) is 18.6. The van der Waals surface area contributed by atoms with Gasteiger partial charge in [-0.25, -0.2) is 5.06 Å². The summed E-state index contributed by atoms with van der Waals surface area (Å²) in [4.78, 5) is 29.8. The van der Waals surface area contributed by atoms with Crippen molar-refractivity contribution in [2.24, 2.45) is 0 Å². The van der Waals surface area contributed by atoms with E-state index < -0.39 is 0 Å². The summed E-state index contributed by atoms with van der Waals surface area (Å²) >= 11 is 0. The van der Waals surface area contributed by atoms with E-state index in [2.05, 4.69) is 5.32 Å². The highest BCUT2D eigenvalue weighted by Crippen LogP contribution is 2.24. The highest BCUT2D eigenvalue weighted by Gasteiger charge is 2.21. The molecule has 0 unspecified atom stereocenters. The summed E-state index contributed by atoms with van der Waals surface area (Å²) in [6, 6.07) is 11.7. The molecule has 2 aromatic carbocycles. The van der Waals surface area contributed by atoms with Crippen LogP contribution in [0.15, 0.2) is 36.4 Å². The van der Waals surface area contributed by atoms with Gasteiger partial charge in [-0.1, -0.05) is 36.4 Å². The Balaban J connectivity index is 2.40. The van der Waals surface area contributed by atoms with Crippen molar-refractivity contribution in [3.05, 3.63) is 47.5 Å². The van der Waals surface area contributed by atoms with Crippen LogP contribution in [0.25, 0.3) is 10.8 Å². The molecule has 0 saturated carbocycles. The number of carbonyl (C=O) groups excluding carboxylic acids is 2. The Labute approximate surface area is 148 Å². The third-order valence-electron chi connectivity index (χ3n) is 3.96. The maximum atomic E-state index is 12.9. The summed E-state index contributed by atoms with van der Waals surface area (Å²) in [5, 5.41) is 6.14. The van der Waals surface area contributed by atoms with Crippen molar-refractivity contribution in [2.45, 2.75) is 39.2 Å². The van der Waals surface area contributed by atoms with Gasteiger partial charge in [-0.3, -0.25) is 14.4 Å². The Morgan fingerprint density at radius 3 is 2.44 bits per heavy atom. The number of hydrogen-bond donors (Lipinski definition) is 1. The number of carbonyl (C=O) groups is 2. The molecule has 0 saturated heterocycles. The molecule has 0 radical (unpaired) electrons. The van der Waals surface area contributed by atoms with Crippen LogP contribution in [0.2, 0.25) is 0 Å². The van der Waals surface area contributed by atoms with Crippen LogP contribution in [0.4, 0.5) is 0 Å². The third-order valence-corrected chi connectivity index (χ3v) is 3.96. The standard InChI is InChI=1S/C20H26N2O3/c1-20(2,3)21-19(24)18-15(12-13-17(23)22(4)25-5)11-10-14-8-6-7-9-16(14)18/h6-11H,12-13H2,1-5H3,(H,21,24). The Morgan fingerprint density at radius 2 is 1.80 bits per heavy atom. The van der Waals surface area contributed by atoms with Crippen LogP contribution in [0.5, 0.6) is 0 Å². The van der Waals surface area contributed by atoms with Gasteiger partial charge in [0.05, 0.1) is 12.7 Å². The normalized spacial score (nSPS) is 11.4. The summed E-state index contributed by atoms with van der Waals surface area (Å²) in [6.07, 6.45) is 0.753. The van der Waals surface area contributed by atoms with E-state index in [1.165, 1.54) is 12.2 Å². The number of fused-ring (bicyclic) bond motifs is 1. The van der Waals surface area contributed by atoms with Gasteiger partial charge in [-0.05, 0) is 43.5 Å². The average Bonchev–Trinajstić information content (AvgIpc) is 2.56. The molecule has 5 nitrogen and oxygen atoms in total. The van der Waals surface area contributed by atoms with Gasteiger partial charge in [-0.2, -0.15) is 0 Å². The quantitative estimate of drug-likeness (QED) is 0.848. The fraction of sp³-hybridized carbons (Fsp3) is 0.400. The third kappa shape index (κ3) is 4.79. The van der Waals surface area contributed by atoms with Gasteiger partial charge >= 0.3 is 0 Å². The summed E-state index contributed by atoms with van der Waals surface area (Å²) in [5.41, 5.74) is 1.16. The predicted molar refractivity (Wildman–Crippen MR) is 99.3 cm³/mol. The molecule has 0 aliphatic rings. The Morgan fingerprint density at radius 1 is 1.12 bits per heavy atom. The van der Waals surface area contributed by atoms with E-state index in [0.717, 1.165) is 16.3 Å². The van der Waals surface area contributed by atoms with Gasteiger partial charge in [0, 0.05) is 19.0 Å². The van der Waals surface area contributed by atoms with E-state index in [1.807, 2.05) is 57.2 Å². The molecule has 25 heavy (non-hydrogen) atoms. The van der Waals surface area contributed by atoms with Gasteiger partial charge in [0.25, 0.3) is 5.91 Å². The second-order valence-corrected chi connectivity index (χ2v) is 7.10. The first-order valence-corrected chi connectivity index (χ1v) is 8.37. The van der Waals surface area contributed by atoms with Crippen LogP contribution < -0.4 is 5.32 Å². The van der Waals surface area contributed by atoms with E-state index in [4.69, 9.17) is 4.84 Å². The number of rotatable bonds is 5. The monoisotopic (exact) mass is 342 g/mol. The first-order valence-electron chi connectivity index (χ1n) is 8.37. The smallest absolute Gasteiger partial charge is 0.252 e. The van der Waals surface area contributed by atoms with Gasteiger partial charge in [0.2, 0.25) is 5.91 Å². The zero-order valence-corrected chi connectivity index (χ0v) is 15.6. The van der Waals surface area contributed by atoms with Crippen molar-refractivity contribution in [1.82, 2.24) is 10.4 Å². The lowest BCUT2D eigenvalue weighted by Gasteiger charge is -2.22. The minimum atomic E-state index is -0.336. The van der Waals surface area contributed by atoms with Crippen LogP contribution in [0.1, 0.15) is 43.1 Å². The second kappa shape index (κ2) is 7.66. The van der Waals surface area contributed by atoms with Gasteiger partial charge in [0.15, 0.2) is 0 Å². The molecule has 1 N–H and O–H groups in total. The molecule has 2 amide bonds. The molecule has 5 heteroatoms. The molecule has 0 heterocycles. The first-order chi connectivity index (χ1) is 11.7. The topological polar surface area (TPSA) is 58.6 Å². The minimum absolute atomic E-state index is 0.119. The van der Waals surface area contributed by atoms with E-state index in [0.29, 0.717) is 12.0 Å². The minimum Gasteiger partial charge on any atom is -0.347 e. The molecular weight excluding hydrogens is 316 g/mol. The SMILES string of the molecule is CON(C)C(=O)CCc1ccc2ccccc2c1C(=O)NC(C)(C)C. The maximum Gasteiger partial charge on any atom is 0.252 e. The molecule has 0 aliphatic carbocycles. The number of hydroxylamine groups is 2. The number of benzene rings is 2. The fourth-order valence-corrected chi connectivity index (χ4v) is 2.70. The van der Waals surface area contributed by atoms with Crippen molar-refractivity contribution in [3.63, 3.8) is 0 Å². The molecule has 0 aromatic heterocycles. The van der Waals surface area contributed by atoms with E-state index >= 15 is 0 Å². The van der Waals surface area contributed by atoms with E-state index in [9.17, 15) is 9.59 Å². The summed E-state index contributed by atoms with van der Waals surface area (Å²) in [5.74, 6) is -0.246. The van der Waals surface area contributed by atoms with Crippen molar-refractivity contribution in [1.29, 1.82) is 0 Å². The molecular formula is C20H26N2O3. The van der Waals surface area contributed by atoms with Crippen LogP contribution in [-0.4, -0.2) is 36.6 Å². The molecule has 2 aromatic rings. The lowest BCUT2D eigenvalue weighted by Crippen LogP contribution is -2.41. The van der Waals surface area contributed by atoms with Crippen molar-refractivity contribution >= 4 is 22.6 Å². The molecule has 2 rings (SSSR count). The Kier molecular flexibility index (Phi) is 5.80. The lowest BCUT2D eigenvalue weighted by atomic mass is 9.94. The lowest BCUT2D eigenvalue weighted by molar-refractivity contribution is -0.168.